The standard InChI is InChI=1S/C17H17Cl2N3O/c18-14-4-3-5-15(19)13(14)12-17(23)22-10-8-21(9-11-22)16-6-1-2-7-20-16/h1-7H,8-12H2. The van der Waals surface area contributed by atoms with Gasteiger partial charge in [-0.3, -0.25) is 4.79 Å². The van der Waals surface area contributed by atoms with Gasteiger partial charge in [-0.15, -0.1) is 0 Å². The summed E-state index contributed by atoms with van der Waals surface area (Å²) in [6.45, 7) is 2.91. The number of hydrogen-bond donors (Lipinski definition) is 0. The van der Waals surface area contributed by atoms with Gasteiger partial charge in [0, 0.05) is 42.4 Å². The van der Waals surface area contributed by atoms with Crippen LogP contribution < -0.4 is 4.90 Å². The van der Waals surface area contributed by atoms with Crippen molar-refractivity contribution in [3.8, 4) is 0 Å². The van der Waals surface area contributed by atoms with Crippen LogP contribution in [0, 0.1) is 0 Å². The zero-order chi connectivity index (χ0) is 16.2. The first-order valence-electron chi connectivity index (χ1n) is 7.52. The summed E-state index contributed by atoms with van der Waals surface area (Å²) in [5.74, 6) is 1.01. The number of aromatic nitrogens is 1. The monoisotopic (exact) mass is 349 g/mol. The number of anilines is 1. The zero-order valence-corrected chi connectivity index (χ0v) is 14.1. The molecular formula is C17H17Cl2N3O. The van der Waals surface area contributed by atoms with Crippen LogP contribution in [0.3, 0.4) is 0 Å². The molecule has 0 bridgehead atoms. The van der Waals surface area contributed by atoms with Crippen LogP contribution in [-0.4, -0.2) is 42.0 Å². The highest BCUT2D eigenvalue weighted by molar-refractivity contribution is 6.36. The number of rotatable bonds is 3. The highest BCUT2D eigenvalue weighted by Gasteiger charge is 2.23. The van der Waals surface area contributed by atoms with Gasteiger partial charge in [0.25, 0.3) is 0 Å². The number of pyridine rings is 1. The predicted molar refractivity (Wildman–Crippen MR) is 93.2 cm³/mol. The maximum absolute atomic E-state index is 12.5. The summed E-state index contributed by atoms with van der Waals surface area (Å²) in [6, 6.07) is 11.2. The molecule has 2 heterocycles. The van der Waals surface area contributed by atoms with Crippen molar-refractivity contribution >= 4 is 34.9 Å². The summed E-state index contributed by atoms with van der Waals surface area (Å²) in [4.78, 5) is 20.9. The summed E-state index contributed by atoms with van der Waals surface area (Å²) < 4.78 is 0. The molecule has 0 radical (unpaired) electrons. The fraction of sp³-hybridized carbons (Fsp3) is 0.294. The van der Waals surface area contributed by atoms with E-state index in [-0.39, 0.29) is 12.3 Å². The van der Waals surface area contributed by atoms with E-state index in [1.807, 2.05) is 23.1 Å². The highest BCUT2D eigenvalue weighted by Crippen LogP contribution is 2.25. The molecule has 1 aromatic heterocycles. The summed E-state index contributed by atoms with van der Waals surface area (Å²) in [7, 11) is 0. The van der Waals surface area contributed by atoms with E-state index in [0.717, 1.165) is 18.9 Å². The minimum atomic E-state index is 0.0562. The van der Waals surface area contributed by atoms with E-state index in [1.165, 1.54) is 0 Å². The lowest BCUT2D eigenvalue weighted by molar-refractivity contribution is -0.130. The molecule has 1 saturated heterocycles. The third-order valence-electron chi connectivity index (χ3n) is 4.00. The van der Waals surface area contributed by atoms with Crippen LogP contribution >= 0.6 is 23.2 Å². The van der Waals surface area contributed by atoms with Gasteiger partial charge < -0.3 is 9.80 Å². The lowest BCUT2D eigenvalue weighted by Gasteiger charge is -2.35. The highest BCUT2D eigenvalue weighted by atomic mass is 35.5. The second-order valence-corrected chi connectivity index (χ2v) is 6.25. The Labute approximate surface area is 145 Å². The number of halogens is 2. The summed E-state index contributed by atoms with van der Waals surface area (Å²) in [5, 5.41) is 1.08. The van der Waals surface area contributed by atoms with Crippen molar-refractivity contribution in [3.63, 3.8) is 0 Å². The Kier molecular flexibility index (Phi) is 5.03. The van der Waals surface area contributed by atoms with Gasteiger partial charge in [-0.1, -0.05) is 35.3 Å². The van der Waals surface area contributed by atoms with Gasteiger partial charge >= 0.3 is 0 Å². The van der Waals surface area contributed by atoms with Crippen LogP contribution in [0.25, 0.3) is 0 Å². The van der Waals surface area contributed by atoms with Crippen LogP contribution in [0.1, 0.15) is 5.56 Å². The molecule has 4 nitrogen and oxygen atoms in total. The Morgan fingerprint density at radius 1 is 1.00 bits per heavy atom. The largest absolute Gasteiger partial charge is 0.353 e. The van der Waals surface area contributed by atoms with Gasteiger partial charge in [0.2, 0.25) is 5.91 Å². The average Bonchev–Trinajstić information content (AvgIpc) is 2.59. The minimum absolute atomic E-state index is 0.0562. The first-order chi connectivity index (χ1) is 11.1. The van der Waals surface area contributed by atoms with E-state index in [1.54, 1.807) is 24.4 Å². The Bertz CT molecular complexity index is 665. The number of piperazine rings is 1. The molecule has 1 aliphatic heterocycles. The second kappa shape index (κ2) is 7.20. The van der Waals surface area contributed by atoms with Crippen LogP contribution in [-0.2, 0) is 11.2 Å². The molecule has 0 atom stereocenters. The minimum Gasteiger partial charge on any atom is -0.353 e. The van der Waals surface area contributed by atoms with Crippen LogP contribution in [0.2, 0.25) is 10.0 Å². The van der Waals surface area contributed by atoms with Crippen molar-refractivity contribution < 1.29 is 4.79 Å². The molecule has 1 aliphatic rings. The molecule has 23 heavy (non-hydrogen) atoms. The lowest BCUT2D eigenvalue weighted by Crippen LogP contribution is -2.49. The zero-order valence-electron chi connectivity index (χ0n) is 12.6. The van der Waals surface area contributed by atoms with Crippen molar-refractivity contribution in [3.05, 3.63) is 58.2 Å². The first kappa shape index (κ1) is 16.1. The van der Waals surface area contributed by atoms with Crippen LogP contribution in [0.4, 0.5) is 5.82 Å². The molecule has 120 valence electrons. The van der Waals surface area contributed by atoms with E-state index in [9.17, 15) is 4.79 Å². The number of carbonyl (C=O) groups is 1. The van der Waals surface area contributed by atoms with Crippen LogP contribution in [0.15, 0.2) is 42.6 Å². The Morgan fingerprint density at radius 2 is 1.70 bits per heavy atom. The summed E-state index contributed by atoms with van der Waals surface area (Å²) >= 11 is 12.3. The number of hydrogen-bond acceptors (Lipinski definition) is 3. The number of carbonyl (C=O) groups excluding carboxylic acids is 1. The third-order valence-corrected chi connectivity index (χ3v) is 4.70. The Morgan fingerprint density at radius 3 is 2.30 bits per heavy atom. The maximum atomic E-state index is 12.5. The van der Waals surface area contributed by atoms with E-state index in [2.05, 4.69) is 9.88 Å². The van der Waals surface area contributed by atoms with E-state index < -0.39 is 0 Å². The number of nitrogens with zero attached hydrogens (tertiary/aromatic N) is 3. The Balaban J connectivity index is 1.60. The van der Waals surface area contributed by atoms with Crippen molar-refractivity contribution in [2.24, 2.45) is 0 Å². The van der Waals surface area contributed by atoms with E-state index >= 15 is 0 Å². The SMILES string of the molecule is O=C(Cc1c(Cl)cccc1Cl)N1CCN(c2ccccn2)CC1. The maximum Gasteiger partial charge on any atom is 0.227 e. The molecule has 1 amide bonds. The normalized spacial score (nSPS) is 14.9. The van der Waals surface area contributed by atoms with Crippen molar-refractivity contribution in [2.45, 2.75) is 6.42 Å². The van der Waals surface area contributed by atoms with Gasteiger partial charge in [0.15, 0.2) is 0 Å². The van der Waals surface area contributed by atoms with Crippen molar-refractivity contribution in [2.75, 3.05) is 31.1 Å². The van der Waals surface area contributed by atoms with Gasteiger partial charge in [0.1, 0.15) is 5.82 Å². The first-order valence-corrected chi connectivity index (χ1v) is 8.27. The van der Waals surface area contributed by atoms with E-state index in [0.29, 0.717) is 28.7 Å². The number of amides is 1. The fourth-order valence-corrected chi connectivity index (χ4v) is 3.22. The second-order valence-electron chi connectivity index (χ2n) is 5.43. The van der Waals surface area contributed by atoms with E-state index in [4.69, 9.17) is 23.2 Å². The molecule has 6 heteroatoms. The average molecular weight is 350 g/mol. The van der Waals surface area contributed by atoms with Gasteiger partial charge in [-0.25, -0.2) is 4.98 Å². The molecule has 0 unspecified atom stereocenters. The van der Waals surface area contributed by atoms with Crippen molar-refractivity contribution in [1.82, 2.24) is 9.88 Å². The molecule has 0 saturated carbocycles. The van der Waals surface area contributed by atoms with Gasteiger partial charge in [-0.05, 0) is 29.8 Å². The molecular weight excluding hydrogens is 333 g/mol. The van der Waals surface area contributed by atoms with Gasteiger partial charge in [-0.2, -0.15) is 0 Å². The molecule has 3 rings (SSSR count). The molecule has 0 aliphatic carbocycles. The molecule has 1 fully saturated rings. The molecule has 0 N–H and O–H groups in total. The number of benzene rings is 1. The molecule has 0 spiro atoms. The summed E-state index contributed by atoms with van der Waals surface area (Å²) in [5.41, 5.74) is 0.702. The van der Waals surface area contributed by atoms with Gasteiger partial charge in [0.05, 0.1) is 6.42 Å². The fourth-order valence-electron chi connectivity index (χ4n) is 2.69. The lowest BCUT2D eigenvalue weighted by atomic mass is 10.1. The summed E-state index contributed by atoms with van der Waals surface area (Å²) in [6.07, 6.45) is 2.02. The van der Waals surface area contributed by atoms with Crippen molar-refractivity contribution in [1.29, 1.82) is 0 Å². The quantitative estimate of drug-likeness (QED) is 0.853. The van der Waals surface area contributed by atoms with Crippen LogP contribution in [0.5, 0.6) is 0 Å². The smallest absolute Gasteiger partial charge is 0.227 e. The predicted octanol–water partition coefficient (Wildman–Crippen LogP) is 3.28. The Hall–Kier alpha value is -1.78. The topological polar surface area (TPSA) is 36.4 Å². The third kappa shape index (κ3) is 3.77. The molecule has 2 aromatic rings. The molecule has 1 aromatic carbocycles.